The van der Waals surface area contributed by atoms with Crippen molar-refractivity contribution in [3.8, 4) is 0 Å². The average Bonchev–Trinajstić information content (AvgIpc) is 2.86. The van der Waals surface area contributed by atoms with Crippen LogP contribution in [0.3, 0.4) is 0 Å². The van der Waals surface area contributed by atoms with Crippen molar-refractivity contribution in [1.29, 1.82) is 0 Å². The summed E-state index contributed by atoms with van der Waals surface area (Å²) in [5.41, 5.74) is -0.441. The van der Waals surface area contributed by atoms with Gasteiger partial charge in [-0.1, -0.05) is 0 Å². The zero-order chi connectivity index (χ0) is 15.3. The minimum absolute atomic E-state index is 0.145. The molecule has 1 aliphatic rings. The number of nitrogens with zero attached hydrogens (tertiary/aromatic N) is 2. The van der Waals surface area contributed by atoms with Crippen molar-refractivity contribution in [3.05, 3.63) is 11.3 Å². The van der Waals surface area contributed by atoms with Gasteiger partial charge in [-0.25, -0.2) is 0 Å². The molecule has 0 radical (unpaired) electrons. The fourth-order valence-electron chi connectivity index (χ4n) is 1.82. The van der Waals surface area contributed by atoms with E-state index in [1.165, 1.54) is 0 Å². The molecule has 0 fully saturated rings. The van der Waals surface area contributed by atoms with E-state index in [0.29, 0.717) is 0 Å². The summed E-state index contributed by atoms with van der Waals surface area (Å²) in [6, 6.07) is 0. The van der Waals surface area contributed by atoms with Gasteiger partial charge in [-0.15, -0.1) is 0 Å². The van der Waals surface area contributed by atoms with Gasteiger partial charge in [-0.2, -0.15) is 0 Å². The van der Waals surface area contributed by atoms with E-state index in [-0.39, 0.29) is 17.9 Å². The molecule has 0 amide bonds. The number of esters is 3. The number of azo groups is 1. The molecule has 9 heteroatoms. The van der Waals surface area contributed by atoms with Crippen LogP contribution < -0.4 is 0 Å². The van der Waals surface area contributed by atoms with Gasteiger partial charge in [0.2, 0.25) is 0 Å². The number of rotatable bonds is 5. The van der Waals surface area contributed by atoms with Crippen molar-refractivity contribution in [1.82, 2.24) is 0 Å². The third-order valence-electron chi connectivity index (χ3n) is 2.86. The number of methoxy groups -OCH3 is 2. The Labute approximate surface area is 128 Å². The van der Waals surface area contributed by atoms with Crippen LogP contribution in [0.1, 0.15) is 6.92 Å². The van der Waals surface area contributed by atoms with E-state index >= 15 is 0 Å². The van der Waals surface area contributed by atoms with Crippen molar-refractivity contribution in [2.45, 2.75) is 14.4 Å². The first-order valence-electron chi connectivity index (χ1n) is 5.99. The van der Waals surface area contributed by atoms with Crippen molar-refractivity contribution < 1.29 is 53.2 Å². The first kappa shape index (κ1) is 16.7. The molecular formula is C11H14HgN2O6. The number of carbonyl (C=O) groups is 3. The van der Waals surface area contributed by atoms with Gasteiger partial charge in [-0.05, 0) is 0 Å². The van der Waals surface area contributed by atoms with Crippen molar-refractivity contribution >= 4 is 17.9 Å². The monoisotopic (exact) mass is 472 g/mol. The fourth-order valence-corrected chi connectivity index (χ4v) is 6.75. The topological polar surface area (TPSA) is 104 Å². The molecule has 1 aliphatic heterocycles. The molecule has 8 nitrogen and oxygen atoms in total. The van der Waals surface area contributed by atoms with Crippen LogP contribution in [0.2, 0.25) is 4.43 Å². The summed E-state index contributed by atoms with van der Waals surface area (Å²) >= 11 is -2.07. The molecule has 0 N–H and O–H groups in total. The Morgan fingerprint density at radius 2 is 1.80 bits per heavy atom. The van der Waals surface area contributed by atoms with Gasteiger partial charge in [0.05, 0.1) is 0 Å². The first-order valence-corrected chi connectivity index (χ1v) is 14.2. The summed E-state index contributed by atoms with van der Waals surface area (Å²) in [6.07, 6.45) is 0. The predicted octanol–water partition coefficient (Wildman–Crippen LogP) is 0.442. The second-order valence-corrected chi connectivity index (χ2v) is 10.6. The number of hydrogen-bond donors (Lipinski definition) is 0. The number of hydrogen-bond acceptors (Lipinski definition) is 8. The van der Waals surface area contributed by atoms with Crippen molar-refractivity contribution in [3.63, 3.8) is 0 Å². The van der Waals surface area contributed by atoms with Crippen LogP contribution in [-0.4, -0.2) is 41.8 Å². The Morgan fingerprint density at radius 3 is 2.25 bits per heavy atom. The van der Waals surface area contributed by atoms with E-state index in [0.717, 1.165) is 14.2 Å². The normalized spacial score (nSPS) is 20.4. The molecule has 20 heavy (non-hydrogen) atoms. The molecule has 0 aromatic rings. The predicted molar refractivity (Wildman–Crippen MR) is 61.1 cm³/mol. The second kappa shape index (κ2) is 6.91. The molecule has 1 unspecified atom stereocenters. The molecule has 0 saturated carbocycles. The molecule has 0 aliphatic carbocycles. The van der Waals surface area contributed by atoms with E-state index in [1.807, 2.05) is 4.43 Å². The van der Waals surface area contributed by atoms with Crippen LogP contribution in [0.25, 0.3) is 0 Å². The molecule has 0 aromatic heterocycles. The van der Waals surface area contributed by atoms with Gasteiger partial charge in [-0.3, -0.25) is 0 Å². The second-order valence-electron chi connectivity index (χ2n) is 3.84. The van der Waals surface area contributed by atoms with Gasteiger partial charge < -0.3 is 0 Å². The van der Waals surface area contributed by atoms with Crippen molar-refractivity contribution in [2.24, 2.45) is 10.2 Å². The Hall–Kier alpha value is -1.31. The SMILES string of the molecule is CCOC(=O)[C]1([Hg][CH3])N=NC(C(=O)OC)=C1C(=O)OC. The zero-order valence-corrected chi connectivity index (χ0v) is 17.3. The van der Waals surface area contributed by atoms with Gasteiger partial charge in [0.25, 0.3) is 0 Å². The average molecular weight is 471 g/mol. The zero-order valence-electron chi connectivity index (χ0n) is 11.8. The van der Waals surface area contributed by atoms with E-state index in [2.05, 4.69) is 19.7 Å². The maximum atomic E-state index is 12.2. The fraction of sp³-hybridized carbons (Fsp3) is 0.545. The van der Waals surface area contributed by atoms with Gasteiger partial charge in [0.1, 0.15) is 0 Å². The molecular weight excluding hydrogens is 457 g/mol. The van der Waals surface area contributed by atoms with Crippen molar-refractivity contribution in [2.75, 3.05) is 20.8 Å². The van der Waals surface area contributed by atoms with Crippen LogP contribution >= 0.6 is 0 Å². The standard InChI is InChI=1S/C10H11N2O6.CH3.Hg/c1-4-18-10(15)7-5(8(13)16-2)6(11-12-7)9(14)17-3;;/h4H2,1-3H3;1H3;. The van der Waals surface area contributed by atoms with Crippen LogP contribution in [0.15, 0.2) is 21.5 Å². The molecule has 0 aromatic carbocycles. The third kappa shape index (κ3) is 2.74. The van der Waals surface area contributed by atoms with E-state index in [1.54, 1.807) is 6.92 Å². The van der Waals surface area contributed by atoms with Gasteiger partial charge in [0.15, 0.2) is 0 Å². The van der Waals surface area contributed by atoms with Crippen LogP contribution in [0.5, 0.6) is 0 Å². The molecule has 106 valence electrons. The molecule has 0 bridgehead atoms. The first-order chi connectivity index (χ1) is 9.48. The van der Waals surface area contributed by atoms with Gasteiger partial charge >= 0.3 is 128 Å². The summed E-state index contributed by atoms with van der Waals surface area (Å²) in [5, 5.41) is 7.55. The Bertz CT molecular complexity index is 501. The molecule has 1 rings (SSSR count). The quantitative estimate of drug-likeness (QED) is 0.328. The summed E-state index contributed by atoms with van der Waals surface area (Å²) in [4.78, 5) is 35.8. The van der Waals surface area contributed by atoms with Crippen LogP contribution in [0.4, 0.5) is 0 Å². The van der Waals surface area contributed by atoms with E-state index in [9.17, 15) is 14.4 Å². The summed E-state index contributed by atoms with van der Waals surface area (Å²) in [7, 11) is 2.31. The molecule has 0 saturated heterocycles. The Balaban J connectivity index is 3.42. The molecule has 0 spiro atoms. The summed E-state index contributed by atoms with van der Waals surface area (Å²) < 4.78 is 14.6. The van der Waals surface area contributed by atoms with E-state index in [4.69, 9.17) is 4.74 Å². The van der Waals surface area contributed by atoms with Crippen LogP contribution in [-0.2, 0) is 53.2 Å². The number of carbonyl (C=O) groups excluding carboxylic acids is 3. The van der Waals surface area contributed by atoms with E-state index < -0.39 is 45.5 Å². The van der Waals surface area contributed by atoms with Crippen LogP contribution in [0, 0.1) is 0 Å². The molecule has 1 atom stereocenters. The number of ether oxygens (including phenoxy) is 3. The Kier molecular flexibility index (Phi) is 5.79. The summed E-state index contributed by atoms with van der Waals surface area (Å²) in [5.74, 6) is -2.31. The minimum atomic E-state index is -2.07. The third-order valence-corrected chi connectivity index (χ3v) is 9.89. The molecule has 1 heterocycles. The summed E-state index contributed by atoms with van der Waals surface area (Å²) in [6.45, 7) is 1.79. The van der Waals surface area contributed by atoms with Gasteiger partial charge in [0, 0.05) is 0 Å². The Morgan fingerprint density at radius 1 is 1.20 bits per heavy atom. The maximum absolute atomic E-state index is 12.2.